The maximum absolute atomic E-state index is 13.6. The van der Waals surface area contributed by atoms with E-state index in [4.69, 9.17) is 27.9 Å². The van der Waals surface area contributed by atoms with Crippen molar-refractivity contribution in [1.29, 1.82) is 0 Å². The number of benzene rings is 2. The van der Waals surface area contributed by atoms with Gasteiger partial charge in [0.15, 0.2) is 11.6 Å². The first-order chi connectivity index (χ1) is 9.10. The van der Waals surface area contributed by atoms with Crippen molar-refractivity contribution in [2.75, 3.05) is 0 Å². The van der Waals surface area contributed by atoms with E-state index in [9.17, 15) is 8.78 Å². The molecule has 0 radical (unpaired) electrons. The van der Waals surface area contributed by atoms with Crippen molar-refractivity contribution in [3.05, 3.63) is 64.2 Å². The molecule has 0 spiro atoms. The zero-order valence-corrected chi connectivity index (χ0v) is 11.3. The normalized spacial score (nSPS) is 10.5. The molecule has 19 heavy (non-hydrogen) atoms. The predicted molar refractivity (Wildman–Crippen MR) is 71.7 cm³/mol. The van der Waals surface area contributed by atoms with Crippen LogP contribution < -0.4 is 4.74 Å². The Balaban J connectivity index is 2.10. The Hall–Kier alpha value is -1.32. The quantitative estimate of drug-likeness (QED) is 0.727. The SMILES string of the molecule is Fc1cc(Cl)ccc1COc1ccc(CCl)cc1F. The van der Waals surface area contributed by atoms with Gasteiger partial charge in [-0.15, -0.1) is 11.6 Å². The Morgan fingerprint density at radius 3 is 2.42 bits per heavy atom. The smallest absolute Gasteiger partial charge is 0.165 e. The molecule has 0 aliphatic carbocycles. The zero-order valence-electron chi connectivity index (χ0n) is 9.80. The molecule has 2 aromatic carbocycles. The maximum Gasteiger partial charge on any atom is 0.165 e. The summed E-state index contributed by atoms with van der Waals surface area (Å²) in [6, 6.07) is 8.66. The molecule has 0 fully saturated rings. The fraction of sp³-hybridized carbons (Fsp3) is 0.143. The summed E-state index contributed by atoms with van der Waals surface area (Å²) < 4.78 is 32.3. The zero-order chi connectivity index (χ0) is 13.8. The van der Waals surface area contributed by atoms with E-state index in [2.05, 4.69) is 0 Å². The molecule has 0 aromatic heterocycles. The van der Waals surface area contributed by atoms with E-state index >= 15 is 0 Å². The second kappa shape index (κ2) is 6.22. The Morgan fingerprint density at radius 1 is 1.00 bits per heavy atom. The van der Waals surface area contributed by atoms with Crippen LogP contribution in [0.4, 0.5) is 8.78 Å². The summed E-state index contributed by atoms with van der Waals surface area (Å²) in [4.78, 5) is 0. The van der Waals surface area contributed by atoms with E-state index in [1.165, 1.54) is 24.3 Å². The van der Waals surface area contributed by atoms with Gasteiger partial charge in [0.2, 0.25) is 0 Å². The number of rotatable bonds is 4. The molecule has 0 aliphatic rings. The van der Waals surface area contributed by atoms with E-state index in [1.807, 2.05) is 0 Å². The lowest BCUT2D eigenvalue weighted by Gasteiger charge is -2.09. The van der Waals surface area contributed by atoms with Gasteiger partial charge in [-0.25, -0.2) is 8.78 Å². The fourth-order valence-electron chi connectivity index (χ4n) is 1.54. The van der Waals surface area contributed by atoms with Gasteiger partial charge in [-0.05, 0) is 29.8 Å². The molecule has 0 saturated carbocycles. The van der Waals surface area contributed by atoms with Crippen molar-refractivity contribution >= 4 is 23.2 Å². The summed E-state index contributed by atoms with van der Waals surface area (Å²) in [5.74, 6) is -0.718. The largest absolute Gasteiger partial charge is 0.486 e. The predicted octanol–water partition coefficient (Wildman–Crippen LogP) is 4.94. The van der Waals surface area contributed by atoms with Crippen molar-refractivity contribution in [2.24, 2.45) is 0 Å². The van der Waals surface area contributed by atoms with Gasteiger partial charge in [0, 0.05) is 16.5 Å². The number of halogens is 4. The van der Waals surface area contributed by atoms with E-state index < -0.39 is 11.6 Å². The van der Waals surface area contributed by atoms with Crippen LogP contribution in [-0.4, -0.2) is 0 Å². The van der Waals surface area contributed by atoms with Gasteiger partial charge in [0.1, 0.15) is 12.4 Å². The van der Waals surface area contributed by atoms with Crippen molar-refractivity contribution in [2.45, 2.75) is 12.5 Å². The Bertz CT molecular complexity index is 588. The summed E-state index contributed by atoms with van der Waals surface area (Å²) in [7, 11) is 0. The lowest BCUT2D eigenvalue weighted by molar-refractivity contribution is 0.284. The number of hydrogen-bond acceptors (Lipinski definition) is 1. The third-order valence-corrected chi connectivity index (χ3v) is 3.09. The van der Waals surface area contributed by atoms with Crippen molar-refractivity contribution in [1.82, 2.24) is 0 Å². The van der Waals surface area contributed by atoms with Crippen molar-refractivity contribution < 1.29 is 13.5 Å². The number of ether oxygens (including phenoxy) is 1. The summed E-state index contributed by atoms with van der Waals surface area (Å²) >= 11 is 11.2. The molecule has 0 amide bonds. The van der Waals surface area contributed by atoms with Gasteiger partial charge in [-0.1, -0.05) is 23.7 Å². The third-order valence-electron chi connectivity index (χ3n) is 2.55. The van der Waals surface area contributed by atoms with Crippen molar-refractivity contribution in [3.8, 4) is 5.75 Å². The van der Waals surface area contributed by atoms with E-state index in [0.717, 1.165) is 0 Å². The minimum atomic E-state index is -0.521. The van der Waals surface area contributed by atoms with Gasteiger partial charge >= 0.3 is 0 Å². The van der Waals surface area contributed by atoms with E-state index in [1.54, 1.807) is 12.1 Å². The molecule has 0 saturated heterocycles. The summed E-state index contributed by atoms with van der Waals surface area (Å²) in [5.41, 5.74) is 0.967. The molecule has 2 aromatic rings. The molecule has 2 rings (SSSR count). The summed E-state index contributed by atoms with van der Waals surface area (Å²) in [5, 5.41) is 0.305. The molecule has 0 bridgehead atoms. The topological polar surface area (TPSA) is 9.23 Å². The first-order valence-corrected chi connectivity index (χ1v) is 6.42. The van der Waals surface area contributed by atoms with Gasteiger partial charge in [0.25, 0.3) is 0 Å². The second-order valence-electron chi connectivity index (χ2n) is 3.92. The van der Waals surface area contributed by atoms with Crippen LogP contribution in [0.15, 0.2) is 36.4 Å². The Kier molecular flexibility index (Phi) is 4.61. The Morgan fingerprint density at radius 2 is 1.79 bits per heavy atom. The average molecular weight is 303 g/mol. The molecule has 100 valence electrons. The summed E-state index contributed by atoms with van der Waals surface area (Å²) in [6.07, 6.45) is 0. The van der Waals surface area contributed by atoms with Crippen molar-refractivity contribution in [3.63, 3.8) is 0 Å². The molecule has 0 atom stereocenters. The molecule has 1 nitrogen and oxygen atoms in total. The van der Waals surface area contributed by atoms with Crippen LogP contribution in [-0.2, 0) is 12.5 Å². The number of alkyl halides is 1. The first-order valence-electron chi connectivity index (χ1n) is 5.51. The summed E-state index contributed by atoms with van der Waals surface area (Å²) in [6.45, 7) is -0.0693. The molecular formula is C14H10Cl2F2O. The molecule has 5 heteroatoms. The molecule has 0 unspecified atom stereocenters. The highest BCUT2D eigenvalue weighted by Crippen LogP contribution is 2.22. The van der Waals surface area contributed by atoms with Crippen LogP contribution >= 0.6 is 23.2 Å². The van der Waals surface area contributed by atoms with E-state index in [0.29, 0.717) is 16.1 Å². The highest BCUT2D eigenvalue weighted by atomic mass is 35.5. The first kappa shape index (κ1) is 14.1. The second-order valence-corrected chi connectivity index (χ2v) is 4.63. The van der Waals surface area contributed by atoms with Gasteiger partial charge in [-0.3, -0.25) is 0 Å². The highest BCUT2D eigenvalue weighted by Gasteiger charge is 2.07. The van der Waals surface area contributed by atoms with E-state index in [-0.39, 0.29) is 18.2 Å². The monoisotopic (exact) mass is 302 g/mol. The lowest BCUT2D eigenvalue weighted by Crippen LogP contribution is -2.00. The molecule has 0 heterocycles. The molecule has 0 N–H and O–H groups in total. The average Bonchev–Trinajstić information content (AvgIpc) is 2.39. The minimum Gasteiger partial charge on any atom is -0.486 e. The van der Waals surface area contributed by atoms with Crippen LogP contribution in [0.1, 0.15) is 11.1 Å². The maximum atomic E-state index is 13.6. The van der Waals surface area contributed by atoms with Crippen LogP contribution in [0.5, 0.6) is 5.75 Å². The van der Waals surface area contributed by atoms with Crippen LogP contribution in [0, 0.1) is 11.6 Å². The van der Waals surface area contributed by atoms with Gasteiger partial charge in [-0.2, -0.15) is 0 Å². The van der Waals surface area contributed by atoms with Gasteiger partial charge in [0.05, 0.1) is 0 Å². The minimum absolute atomic E-state index is 0.0585. The van der Waals surface area contributed by atoms with Gasteiger partial charge < -0.3 is 4.74 Å². The lowest BCUT2D eigenvalue weighted by atomic mass is 10.2. The standard InChI is InChI=1S/C14H10Cl2F2O/c15-7-9-1-4-14(13(18)5-9)19-8-10-2-3-11(16)6-12(10)17/h1-6H,7-8H2. The Labute approximate surface area is 119 Å². The highest BCUT2D eigenvalue weighted by molar-refractivity contribution is 6.30. The molecule has 0 aliphatic heterocycles. The van der Waals surface area contributed by atoms with Crippen LogP contribution in [0.2, 0.25) is 5.02 Å². The third kappa shape index (κ3) is 3.58. The molecular weight excluding hydrogens is 293 g/mol. The fourth-order valence-corrected chi connectivity index (χ4v) is 1.86. The number of hydrogen-bond donors (Lipinski definition) is 0. The van der Waals surface area contributed by atoms with Crippen LogP contribution in [0.25, 0.3) is 0 Å². The van der Waals surface area contributed by atoms with Crippen LogP contribution in [0.3, 0.4) is 0 Å².